The van der Waals surface area contributed by atoms with Gasteiger partial charge in [-0.15, -0.1) is 0 Å². The smallest absolute Gasteiger partial charge is 1.00 e. The number of rotatable bonds is 1. The predicted octanol–water partition coefficient (Wildman–Crippen LogP) is -4.84. The van der Waals surface area contributed by atoms with Gasteiger partial charge >= 0.3 is 77.9 Å². The molecule has 40 valence electrons. The van der Waals surface area contributed by atoms with Crippen molar-refractivity contribution in [3.05, 3.63) is 0 Å². The first-order valence-electron chi connectivity index (χ1n) is 1.28. The molecule has 0 aromatic carbocycles. The minimum atomic E-state index is -4.13. The van der Waals surface area contributed by atoms with Crippen LogP contribution in [-0.2, 0) is 4.43 Å². The van der Waals surface area contributed by atoms with Crippen LogP contribution in [0.3, 0.4) is 0 Å². The summed E-state index contributed by atoms with van der Waals surface area (Å²) < 4.78 is 3.74. The minimum absolute atomic E-state index is 0. The van der Waals surface area contributed by atoms with E-state index in [0.29, 0.717) is 0 Å². The van der Waals surface area contributed by atoms with E-state index in [2.05, 4.69) is 4.43 Å². The number of hydrogen-bond acceptors (Lipinski definition) is 4. The Morgan fingerprint density at radius 1 is 1.43 bits per heavy atom. The summed E-state index contributed by atoms with van der Waals surface area (Å²) in [6, 6.07) is 0. The van der Waals surface area contributed by atoms with Gasteiger partial charge < -0.3 is 20.2 Å². The van der Waals surface area contributed by atoms with Crippen molar-refractivity contribution in [2.24, 2.45) is 0 Å². The normalized spacial score (nSPS) is 10.3. The van der Waals surface area contributed by atoms with Gasteiger partial charge in [0, 0.05) is 7.11 Å². The van der Waals surface area contributed by atoms with Gasteiger partial charge in [-0.3, -0.25) is 0 Å². The molecular formula is CH7CsO4Si. The van der Waals surface area contributed by atoms with Gasteiger partial charge in [-0.05, 0) is 0 Å². The molecule has 0 bridgehead atoms. The van der Waals surface area contributed by atoms with E-state index in [4.69, 9.17) is 14.4 Å². The summed E-state index contributed by atoms with van der Waals surface area (Å²) >= 11 is 0. The van der Waals surface area contributed by atoms with Crippen LogP contribution in [0.2, 0.25) is 0 Å². The van der Waals surface area contributed by atoms with Crippen molar-refractivity contribution in [2.45, 2.75) is 0 Å². The average Bonchev–Trinajstić information content (AvgIpc) is 1.35. The van der Waals surface area contributed by atoms with E-state index in [-0.39, 0.29) is 70.3 Å². The molecule has 0 atom stereocenters. The molecule has 0 aliphatic carbocycles. The first-order valence-corrected chi connectivity index (χ1v) is 3.03. The quantitative estimate of drug-likeness (QED) is 0.405. The van der Waals surface area contributed by atoms with Crippen LogP contribution in [0, 0.1) is 0 Å². The van der Waals surface area contributed by atoms with Crippen LogP contribution in [0.25, 0.3) is 0 Å². The van der Waals surface area contributed by atoms with Gasteiger partial charge in [0.1, 0.15) is 0 Å². The molecule has 0 radical (unpaired) electrons. The molecule has 4 nitrogen and oxygen atoms in total. The fourth-order valence-electron chi connectivity index (χ4n) is 0. The second kappa shape index (κ2) is 4.94. The van der Waals surface area contributed by atoms with E-state index in [9.17, 15) is 0 Å². The maximum absolute atomic E-state index is 7.85. The molecule has 0 spiro atoms. The van der Waals surface area contributed by atoms with E-state index in [1.54, 1.807) is 0 Å². The number of hydrogen-bond donors (Lipinski definition) is 3. The van der Waals surface area contributed by atoms with E-state index in [1.165, 1.54) is 0 Å². The molecule has 7 heavy (non-hydrogen) atoms. The second-order valence-electron chi connectivity index (χ2n) is 0.778. The summed E-state index contributed by atoms with van der Waals surface area (Å²) in [7, 11) is -3.11. The van der Waals surface area contributed by atoms with Gasteiger partial charge in [0.2, 0.25) is 0 Å². The summed E-state index contributed by atoms with van der Waals surface area (Å²) in [5, 5.41) is 0. The third kappa shape index (κ3) is 11.6. The van der Waals surface area contributed by atoms with Crippen LogP contribution in [0.5, 0.6) is 0 Å². The zero-order valence-electron chi connectivity index (χ0n) is 5.25. The molecule has 0 aliphatic heterocycles. The second-order valence-corrected chi connectivity index (χ2v) is 2.33. The predicted molar refractivity (Wildman–Crippen MR) is 20.5 cm³/mol. The van der Waals surface area contributed by atoms with Crippen molar-refractivity contribution in [3.63, 3.8) is 0 Å². The SMILES string of the molecule is CO[Si](O)(O)O.[Cs+].[H-]. The van der Waals surface area contributed by atoms with Crippen molar-refractivity contribution >= 4 is 9.05 Å². The molecule has 0 rings (SSSR count). The Kier molecular flexibility index (Phi) is 8.36. The Bertz CT molecular complexity index is 45.8. The Labute approximate surface area is 103 Å². The molecule has 0 saturated carbocycles. The standard InChI is InChI=1S/CH6O4Si.Cs.H/c1-5-6(2,3)4;;/h2-4H,1H3;;/q;+1;-1. The molecule has 3 N–H and O–H groups in total. The topological polar surface area (TPSA) is 69.9 Å². The third-order valence-electron chi connectivity index (χ3n) is 0.274. The van der Waals surface area contributed by atoms with Crippen LogP contribution >= 0.6 is 0 Å². The van der Waals surface area contributed by atoms with Crippen molar-refractivity contribution in [3.8, 4) is 0 Å². The fraction of sp³-hybridized carbons (Fsp3) is 1.00. The van der Waals surface area contributed by atoms with Gasteiger partial charge in [0.05, 0.1) is 0 Å². The Morgan fingerprint density at radius 3 is 1.57 bits per heavy atom. The van der Waals surface area contributed by atoms with Crippen molar-refractivity contribution in [1.82, 2.24) is 0 Å². The molecule has 6 heteroatoms. The fourth-order valence-corrected chi connectivity index (χ4v) is 0. The summed E-state index contributed by atoms with van der Waals surface area (Å²) in [5.41, 5.74) is 0. The van der Waals surface area contributed by atoms with Gasteiger partial charge in [0.25, 0.3) is 0 Å². The van der Waals surface area contributed by atoms with Gasteiger partial charge in [0.15, 0.2) is 0 Å². The van der Waals surface area contributed by atoms with Crippen molar-refractivity contribution in [2.75, 3.05) is 7.11 Å². The van der Waals surface area contributed by atoms with E-state index in [1.807, 2.05) is 0 Å². The van der Waals surface area contributed by atoms with E-state index in [0.717, 1.165) is 7.11 Å². The maximum atomic E-state index is 7.85. The molecule has 0 aliphatic rings. The molecule has 0 aromatic rings. The average molecular weight is 244 g/mol. The van der Waals surface area contributed by atoms with Crippen LogP contribution in [0.15, 0.2) is 0 Å². The van der Waals surface area contributed by atoms with Crippen molar-refractivity contribution in [1.29, 1.82) is 0 Å². The van der Waals surface area contributed by atoms with Crippen LogP contribution in [0.1, 0.15) is 1.43 Å². The Balaban J connectivity index is -0.000000125. The molecular weight excluding hydrogens is 237 g/mol. The van der Waals surface area contributed by atoms with Crippen molar-refractivity contribution < 1.29 is 89.1 Å². The first kappa shape index (κ1) is 11.9. The zero-order valence-corrected chi connectivity index (χ0v) is 11.5. The Morgan fingerprint density at radius 2 is 1.57 bits per heavy atom. The van der Waals surface area contributed by atoms with Gasteiger partial charge in [-0.2, -0.15) is 0 Å². The molecule has 0 unspecified atom stereocenters. The molecule has 0 aromatic heterocycles. The summed E-state index contributed by atoms with van der Waals surface area (Å²) in [6.45, 7) is 0. The monoisotopic (exact) mass is 244 g/mol. The largest absolute Gasteiger partial charge is 1.00 e. The minimum Gasteiger partial charge on any atom is -1.00 e. The molecule has 0 fully saturated rings. The van der Waals surface area contributed by atoms with Gasteiger partial charge in [-0.25, -0.2) is 0 Å². The van der Waals surface area contributed by atoms with E-state index >= 15 is 0 Å². The molecule has 0 heterocycles. The zero-order chi connectivity index (χ0) is 5.21. The van der Waals surface area contributed by atoms with Crippen LogP contribution in [-0.4, -0.2) is 30.5 Å². The summed E-state index contributed by atoms with van der Waals surface area (Å²) in [6.07, 6.45) is 0. The Hall–Kier alpha value is 2.11. The van der Waals surface area contributed by atoms with Crippen LogP contribution in [0.4, 0.5) is 0 Å². The summed E-state index contributed by atoms with van der Waals surface area (Å²) in [4.78, 5) is 23.6. The third-order valence-corrected chi connectivity index (χ3v) is 0.822. The van der Waals surface area contributed by atoms with E-state index < -0.39 is 9.05 Å². The molecule has 0 amide bonds. The van der Waals surface area contributed by atoms with Crippen LogP contribution < -0.4 is 68.9 Å². The maximum Gasteiger partial charge on any atom is 1.00 e. The summed E-state index contributed by atoms with van der Waals surface area (Å²) in [5.74, 6) is 0. The molecule has 0 saturated heterocycles. The first-order chi connectivity index (χ1) is 2.56. The van der Waals surface area contributed by atoms with Gasteiger partial charge in [-0.1, -0.05) is 0 Å².